The van der Waals surface area contributed by atoms with Gasteiger partial charge >= 0.3 is 6.03 Å². The quantitative estimate of drug-likeness (QED) is 0.343. The Morgan fingerprint density at radius 1 is 1.37 bits per heavy atom. The van der Waals surface area contributed by atoms with E-state index in [0.717, 1.165) is 4.88 Å². The van der Waals surface area contributed by atoms with Crippen molar-refractivity contribution in [1.29, 1.82) is 0 Å². The molecule has 0 radical (unpaired) electrons. The summed E-state index contributed by atoms with van der Waals surface area (Å²) in [7, 11) is 1.49. The number of urea groups is 1. The fourth-order valence-electron chi connectivity index (χ4n) is 3.40. The Bertz CT molecular complexity index is 1070. The number of anilines is 1. The molecule has 0 aliphatic carbocycles. The molecule has 1 saturated heterocycles. The zero-order chi connectivity index (χ0) is 26.6. The smallest absolute Gasteiger partial charge is 0.323 e. The third-order valence-electron chi connectivity index (χ3n) is 5.89. The average molecular weight is 523 g/mol. The van der Waals surface area contributed by atoms with Crippen molar-refractivity contribution in [3.05, 3.63) is 51.0 Å². The lowest BCUT2D eigenvalue weighted by Crippen LogP contribution is -2.64. The van der Waals surface area contributed by atoms with Crippen molar-refractivity contribution in [2.24, 2.45) is 0 Å². The van der Waals surface area contributed by atoms with Crippen LogP contribution >= 0.6 is 22.9 Å². The number of hydrogen-bond acceptors (Lipinski definition) is 5. The molecule has 0 saturated carbocycles. The summed E-state index contributed by atoms with van der Waals surface area (Å²) >= 11 is 7.57. The topological polar surface area (TPSA) is 99.8 Å². The number of methoxy groups -OCH3 is 1. The van der Waals surface area contributed by atoms with Crippen LogP contribution in [0.4, 0.5) is 10.5 Å². The minimum absolute atomic E-state index is 0.181. The van der Waals surface area contributed by atoms with Gasteiger partial charge in [0.25, 0.3) is 5.91 Å². The van der Waals surface area contributed by atoms with Gasteiger partial charge in [-0.1, -0.05) is 45.9 Å². The van der Waals surface area contributed by atoms with E-state index in [-0.39, 0.29) is 17.2 Å². The third-order valence-corrected chi connectivity index (χ3v) is 7.85. The van der Waals surface area contributed by atoms with Gasteiger partial charge in [-0.25, -0.2) is 4.79 Å². The van der Waals surface area contributed by atoms with Gasteiger partial charge < -0.3 is 25.6 Å². The van der Waals surface area contributed by atoms with Gasteiger partial charge in [-0.15, -0.1) is 11.3 Å². The maximum absolute atomic E-state index is 13.7. The molecular weight excluding hydrogens is 488 g/mol. The molecule has 4 amide bonds. The number of halogens is 1. The van der Waals surface area contributed by atoms with Gasteiger partial charge in [0.1, 0.15) is 16.2 Å². The van der Waals surface area contributed by atoms with Gasteiger partial charge in [0, 0.05) is 23.7 Å². The standard InChI is InChI=1S/C25H35ClN4O4S/c1-9-25(7)22(32)27-12-13-30(25)21(31)20-18(14-19(35-20)24(4,5)6)29-23(33)28-16(3)17(26)11-10-15(2)34-8/h10-11,14H,2,9,12-13H2,1,3-8H3,(H,27,32)(H2,28,29,33)/b11-10-,17-16-. The van der Waals surface area contributed by atoms with Crippen molar-refractivity contribution in [2.45, 2.75) is 58.9 Å². The molecule has 1 aliphatic rings. The number of hydrogen-bond donors (Lipinski definition) is 3. The molecule has 1 aliphatic heterocycles. The predicted octanol–water partition coefficient (Wildman–Crippen LogP) is 5.09. The van der Waals surface area contributed by atoms with E-state index in [1.807, 2.05) is 33.8 Å². The molecule has 1 atom stereocenters. The highest BCUT2D eigenvalue weighted by atomic mass is 35.5. The number of thiophene rings is 1. The Hall–Kier alpha value is -2.78. The fraction of sp³-hybridized carbons (Fsp3) is 0.480. The molecular formula is C25H35ClN4O4S. The fourth-order valence-corrected chi connectivity index (χ4v) is 4.63. The first kappa shape index (κ1) is 28.5. The Kier molecular flexibility index (Phi) is 9.19. The molecule has 1 aromatic heterocycles. The van der Waals surface area contributed by atoms with Crippen LogP contribution in [0.25, 0.3) is 0 Å². The average Bonchev–Trinajstić information content (AvgIpc) is 3.22. The minimum atomic E-state index is -0.966. The molecule has 0 bridgehead atoms. The summed E-state index contributed by atoms with van der Waals surface area (Å²) < 4.78 is 4.96. The maximum atomic E-state index is 13.7. The van der Waals surface area contributed by atoms with Gasteiger partial charge in [-0.05, 0) is 43.9 Å². The number of allylic oxidation sites excluding steroid dienone is 4. The summed E-state index contributed by atoms with van der Waals surface area (Å²) in [4.78, 5) is 42.0. The van der Waals surface area contributed by atoms with Crippen molar-refractivity contribution in [1.82, 2.24) is 15.5 Å². The van der Waals surface area contributed by atoms with Crippen LogP contribution in [-0.4, -0.2) is 48.5 Å². The number of carbonyl (C=O) groups excluding carboxylic acids is 3. The zero-order valence-corrected chi connectivity index (χ0v) is 23.0. The first-order chi connectivity index (χ1) is 16.2. The molecule has 10 heteroatoms. The predicted molar refractivity (Wildman–Crippen MR) is 142 cm³/mol. The number of nitrogens with one attached hydrogen (secondary N) is 3. The lowest BCUT2D eigenvalue weighted by atomic mass is 9.92. The van der Waals surface area contributed by atoms with Gasteiger partial charge in [0.15, 0.2) is 0 Å². The lowest BCUT2D eigenvalue weighted by molar-refractivity contribution is -0.134. The Balaban J connectivity index is 2.36. The first-order valence-corrected chi connectivity index (χ1v) is 12.5. The van der Waals surface area contributed by atoms with E-state index in [2.05, 4.69) is 22.5 Å². The number of carbonyl (C=O) groups is 3. The summed E-state index contributed by atoms with van der Waals surface area (Å²) in [6.07, 6.45) is 3.61. The summed E-state index contributed by atoms with van der Waals surface area (Å²) in [6.45, 7) is 15.9. The van der Waals surface area contributed by atoms with E-state index in [9.17, 15) is 14.4 Å². The minimum Gasteiger partial charge on any atom is -0.497 e. The lowest BCUT2D eigenvalue weighted by Gasteiger charge is -2.43. The molecule has 1 fully saturated rings. The molecule has 1 aromatic rings. The van der Waals surface area contributed by atoms with Crippen LogP contribution in [0.2, 0.25) is 0 Å². The first-order valence-electron chi connectivity index (χ1n) is 11.3. The largest absolute Gasteiger partial charge is 0.497 e. The van der Waals surface area contributed by atoms with Crippen LogP contribution in [0.15, 0.2) is 41.3 Å². The SMILES string of the molecule is C=C(/C=C\C(Cl)=C(/C)NC(=O)Nc1cc(C(C)(C)C)sc1C(=O)N1CCNC(=O)C1(C)CC)OC. The van der Waals surface area contributed by atoms with Crippen molar-refractivity contribution in [2.75, 3.05) is 25.5 Å². The number of piperazine rings is 1. The molecule has 35 heavy (non-hydrogen) atoms. The highest BCUT2D eigenvalue weighted by Gasteiger charge is 2.44. The number of ether oxygens (including phenoxy) is 1. The van der Waals surface area contributed by atoms with Gasteiger partial charge in [0.05, 0.1) is 17.8 Å². The molecule has 2 heterocycles. The van der Waals surface area contributed by atoms with Crippen molar-refractivity contribution >= 4 is 46.5 Å². The van der Waals surface area contributed by atoms with E-state index in [1.165, 1.54) is 18.4 Å². The summed E-state index contributed by atoms with van der Waals surface area (Å²) in [5.41, 5.74) is -0.405. The second kappa shape index (κ2) is 11.3. The summed E-state index contributed by atoms with van der Waals surface area (Å²) in [6, 6.07) is 1.27. The van der Waals surface area contributed by atoms with Crippen LogP contribution in [0.1, 0.15) is 62.5 Å². The van der Waals surface area contributed by atoms with E-state index < -0.39 is 11.6 Å². The summed E-state index contributed by atoms with van der Waals surface area (Å²) in [5.74, 6) is -0.0487. The molecule has 0 spiro atoms. The Labute approximate surface area is 216 Å². The van der Waals surface area contributed by atoms with Crippen LogP contribution in [0.5, 0.6) is 0 Å². The van der Waals surface area contributed by atoms with Crippen molar-refractivity contribution in [3.63, 3.8) is 0 Å². The van der Waals surface area contributed by atoms with Gasteiger partial charge in [-0.3, -0.25) is 9.59 Å². The maximum Gasteiger partial charge on any atom is 0.323 e. The highest BCUT2D eigenvalue weighted by Crippen LogP contribution is 2.37. The molecule has 1 unspecified atom stereocenters. The Morgan fingerprint density at radius 2 is 2.03 bits per heavy atom. The third kappa shape index (κ3) is 6.67. The molecule has 0 aromatic carbocycles. The number of nitrogens with zero attached hydrogens (tertiary/aromatic N) is 1. The normalized spacial score (nSPS) is 19.2. The Morgan fingerprint density at radius 3 is 2.60 bits per heavy atom. The zero-order valence-electron chi connectivity index (χ0n) is 21.4. The molecule has 8 nitrogen and oxygen atoms in total. The number of rotatable bonds is 7. The second-order valence-electron chi connectivity index (χ2n) is 9.50. The van der Waals surface area contributed by atoms with Gasteiger partial charge in [-0.2, -0.15) is 0 Å². The molecule has 192 valence electrons. The van der Waals surface area contributed by atoms with Crippen molar-refractivity contribution in [3.8, 4) is 0 Å². The van der Waals surface area contributed by atoms with E-state index >= 15 is 0 Å². The van der Waals surface area contributed by atoms with E-state index in [4.69, 9.17) is 16.3 Å². The molecule has 3 N–H and O–H groups in total. The van der Waals surface area contributed by atoms with Crippen LogP contribution < -0.4 is 16.0 Å². The summed E-state index contributed by atoms with van der Waals surface area (Å²) in [5, 5.41) is 8.63. The second-order valence-corrected chi connectivity index (χ2v) is 11.0. The van der Waals surface area contributed by atoms with Crippen LogP contribution in [-0.2, 0) is 14.9 Å². The van der Waals surface area contributed by atoms with Crippen LogP contribution in [0.3, 0.4) is 0 Å². The van der Waals surface area contributed by atoms with Crippen LogP contribution in [0, 0.1) is 0 Å². The molecule has 2 rings (SSSR count). The highest BCUT2D eigenvalue weighted by molar-refractivity contribution is 7.14. The van der Waals surface area contributed by atoms with Crippen molar-refractivity contribution < 1.29 is 19.1 Å². The monoisotopic (exact) mass is 522 g/mol. The number of amides is 4. The van der Waals surface area contributed by atoms with E-state index in [0.29, 0.717) is 46.6 Å². The van der Waals surface area contributed by atoms with E-state index in [1.54, 1.807) is 30.9 Å². The van der Waals surface area contributed by atoms with Gasteiger partial charge in [0.2, 0.25) is 5.91 Å².